The topological polar surface area (TPSA) is 62.4 Å². The van der Waals surface area contributed by atoms with Crippen LogP contribution >= 0.6 is 0 Å². The monoisotopic (exact) mass is 291 g/mol. The summed E-state index contributed by atoms with van der Waals surface area (Å²) in [5.41, 5.74) is 2.05. The van der Waals surface area contributed by atoms with Crippen LogP contribution in [0.1, 0.15) is 20.3 Å². The van der Waals surface area contributed by atoms with Crippen molar-refractivity contribution in [3.63, 3.8) is 0 Å². The Morgan fingerprint density at radius 3 is 2.81 bits per heavy atom. The van der Waals surface area contributed by atoms with Gasteiger partial charge in [-0.1, -0.05) is 26.0 Å². The van der Waals surface area contributed by atoms with Gasteiger partial charge in [0, 0.05) is 26.8 Å². The molecule has 5 nitrogen and oxygen atoms in total. The van der Waals surface area contributed by atoms with Crippen LogP contribution in [0.4, 0.5) is 11.4 Å². The van der Waals surface area contributed by atoms with Crippen molar-refractivity contribution in [3.05, 3.63) is 24.3 Å². The molecule has 0 fully saturated rings. The number of benzene rings is 1. The van der Waals surface area contributed by atoms with Gasteiger partial charge in [0.1, 0.15) is 6.04 Å². The number of carbonyl (C=O) groups is 1. The second-order valence-corrected chi connectivity index (χ2v) is 6.25. The normalized spacial score (nSPS) is 17.4. The van der Waals surface area contributed by atoms with Crippen molar-refractivity contribution in [1.29, 1.82) is 0 Å². The summed E-state index contributed by atoms with van der Waals surface area (Å²) in [6.07, 6.45) is 0.920. The third-order valence-corrected chi connectivity index (χ3v) is 3.79. The van der Waals surface area contributed by atoms with Crippen molar-refractivity contribution < 1.29 is 9.53 Å². The number of methoxy groups -OCH3 is 1. The molecule has 1 amide bonds. The molecule has 0 aliphatic carbocycles. The second-order valence-electron chi connectivity index (χ2n) is 6.25. The quantitative estimate of drug-likeness (QED) is 0.751. The molecule has 1 atom stereocenters. The maximum atomic E-state index is 12.3. The summed E-state index contributed by atoms with van der Waals surface area (Å²) >= 11 is 0. The zero-order valence-electron chi connectivity index (χ0n) is 13.0. The molecule has 116 valence electrons. The fourth-order valence-electron chi connectivity index (χ4n) is 2.29. The van der Waals surface area contributed by atoms with E-state index in [0.717, 1.165) is 17.8 Å². The summed E-state index contributed by atoms with van der Waals surface area (Å²) < 4.78 is 5.10. The first kappa shape index (κ1) is 15.6. The van der Waals surface area contributed by atoms with Gasteiger partial charge in [-0.25, -0.2) is 0 Å². The fraction of sp³-hybridized carbons (Fsp3) is 0.562. The zero-order valence-corrected chi connectivity index (χ0v) is 13.0. The average molecular weight is 291 g/mol. The number of hydrogen-bond donors (Lipinski definition) is 3. The van der Waals surface area contributed by atoms with Crippen LogP contribution in [0.2, 0.25) is 0 Å². The third kappa shape index (κ3) is 4.36. The number of hydrogen-bond acceptors (Lipinski definition) is 4. The van der Waals surface area contributed by atoms with Crippen molar-refractivity contribution in [2.45, 2.75) is 26.3 Å². The molecule has 5 heteroatoms. The number of ether oxygens (including phenoxy) is 1. The lowest BCUT2D eigenvalue weighted by atomic mass is 9.89. The van der Waals surface area contributed by atoms with Crippen LogP contribution in [0, 0.1) is 5.41 Å². The summed E-state index contributed by atoms with van der Waals surface area (Å²) in [5.74, 6) is 0.0301. The minimum Gasteiger partial charge on any atom is -0.385 e. The molecule has 3 N–H and O–H groups in total. The number of nitrogens with one attached hydrogen (secondary N) is 3. The molecule has 21 heavy (non-hydrogen) atoms. The summed E-state index contributed by atoms with van der Waals surface area (Å²) in [5, 5.41) is 9.59. The Kier molecular flexibility index (Phi) is 5.07. The van der Waals surface area contributed by atoms with Crippen molar-refractivity contribution in [2.24, 2.45) is 5.41 Å². The number of amides is 1. The summed E-state index contributed by atoms with van der Waals surface area (Å²) in [4.78, 5) is 12.3. The SMILES string of the molecule is COCCC(C)(C)CNC(=O)C1CNc2ccccc2N1. The molecule has 1 aliphatic heterocycles. The molecule has 1 aliphatic rings. The van der Waals surface area contributed by atoms with Crippen molar-refractivity contribution >= 4 is 17.3 Å². The lowest BCUT2D eigenvalue weighted by Crippen LogP contribution is -2.48. The van der Waals surface area contributed by atoms with Crippen LogP contribution in [-0.2, 0) is 9.53 Å². The standard InChI is InChI=1S/C16H25N3O2/c1-16(2,8-9-21-3)11-18-15(20)14-10-17-12-6-4-5-7-13(12)19-14/h4-7,14,17,19H,8-11H2,1-3H3,(H,18,20). The van der Waals surface area contributed by atoms with Gasteiger partial charge >= 0.3 is 0 Å². The van der Waals surface area contributed by atoms with Gasteiger partial charge in [-0.2, -0.15) is 0 Å². The average Bonchev–Trinajstić information content (AvgIpc) is 2.50. The number of carbonyl (C=O) groups excluding carboxylic acids is 1. The van der Waals surface area contributed by atoms with Crippen LogP contribution in [-0.4, -0.2) is 38.8 Å². The molecule has 2 rings (SSSR count). The Morgan fingerprint density at radius 2 is 2.10 bits per heavy atom. The van der Waals surface area contributed by atoms with E-state index in [1.807, 2.05) is 24.3 Å². The predicted molar refractivity (Wildman–Crippen MR) is 85.6 cm³/mol. The van der Waals surface area contributed by atoms with Gasteiger partial charge in [0.05, 0.1) is 11.4 Å². The Hall–Kier alpha value is -1.75. The molecule has 1 aromatic rings. The minimum absolute atomic E-state index is 0.0301. The van der Waals surface area contributed by atoms with Gasteiger partial charge < -0.3 is 20.7 Å². The molecule has 1 unspecified atom stereocenters. The van der Waals surface area contributed by atoms with Crippen molar-refractivity contribution in [3.8, 4) is 0 Å². The van der Waals surface area contributed by atoms with Crippen LogP contribution in [0.25, 0.3) is 0 Å². The highest BCUT2D eigenvalue weighted by atomic mass is 16.5. The Labute approximate surface area is 126 Å². The Balaban J connectivity index is 1.85. The van der Waals surface area contributed by atoms with Gasteiger partial charge in [0.25, 0.3) is 0 Å². The zero-order chi connectivity index (χ0) is 15.3. The number of rotatable bonds is 6. The van der Waals surface area contributed by atoms with E-state index in [-0.39, 0.29) is 17.4 Å². The van der Waals surface area contributed by atoms with Crippen molar-refractivity contribution in [1.82, 2.24) is 5.32 Å². The number of anilines is 2. The molecule has 0 spiro atoms. The van der Waals surface area contributed by atoms with Crippen molar-refractivity contribution in [2.75, 3.05) is 37.4 Å². The highest BCUT2D eigenvalue weighted by molar-refractivity contribution is 5.88. The smallest absolute Gasteiger partial charge is 0.244 e. The highest BCUT2D eigenvalue weighted by Crippen LogP contribution is 2.25. The van der Waals surface area contributed by atoms with E-state index in [4.69, 9.17) is 4.74 Å². The largest absolute Gasteiger partial charge is 0.385 e. The summed E-state index contributed by atoms with van der Waals surface area (Å²) in [7, 11) is 1.70. The predicted octanol–water partition coefficient (Wildman–Crippen LogP) is 2.07. The molecule has 0 saturated carbocycles. The maximum absolute atomic E-state index is 12.3. The molecule has 0 saturated heterocycles. The van der Waals surface area contributed by atoms with Crippen LogP contribution in [0.3, 0.4) is 0 Å². The molecular weight excluding hydrogens is 266 g/mol. The minimum atomic E-state index is -0.238. The Bertz CT molecular complexity index is 488. The van der Waals surface area contributed by atoms with E-state index < -0.39 is 0 Å². The van der Waals surface area contributed by atoms with Gasteiger partial charge in [0.15, 0.2) is 0 Å². The summed E-state index contributed by atoms with van der Waals surface area (Å²) in [6, 6.07) is 7.68. The summed E-state index contributed by atoms with van der Waals surface area (Å²) in [6.45, 7) is 6.22. The van der Waals surface area contributed by atoms with E-state index in [2.05, 4.69) is 29.8 Å². The molecule has 1 aromatic carbocycles. The van der Waals surface area contributed by atoms with Crippen LogP contribution in [0.15, 0.2) is 24.3 Å². The molecule has 0 aromatic heterocycles. The lowest BCUT2D eigenvalue weighted by molar-refractivity contribution is -0.122. The second kappa shape index (κ2) is 6.80. The molecule has 1 heterocycles. The van der Waals surface area contributed by atoms with Gasteiger partial charge in [-0.3, -0.25) is 4.79 Å². The highest BCUT2D eigenvalue weighted by Gasteiger charge is 2.25. The number of para-hydroxylation sites is 2. The first-order valence-corrected chi connectivity index (χ1v) is 7.38. The third-order valence-electron chi connectivity index (χ3n) is 3.79. The van der Waals surface area contributed by atoms with E-state index >= 15 is 0 Å². The van der Waals surface area contributed by atoms with Gasteiger partial charge in [0.2, 0.25) is 5.91 Å². The van der Waals surface area contributed by atoms with Crippen LogP contribution in [0.5, 0.6) is 0 Å². The molecular formula is C16H25N3O2. The van der Waals surface area contributed by atoms with Gasteiger partial charge in [-0.05, 0) is 24.0 Å². The first-order chi connectivity index (χ1) is 10.0. The van der Waals surface area contributed by atoms with E-state index in [0.29, 0.717) is 19.7 Å². The van der Waals surface area contributed by atoms with E-state index in [9.17, 15) is 4.79 Å². The van der Waals surface area contributed by atoms with E-state index in [1.165, 1.54) is 0 Å². The Morgan fingerprint density at radius 1 is 1.38 bits per heavy atom. The first-order valence-electron chi connectivity index (χ1n) is 7.38. The number of fused-ring (bicyclic) bond motifs is 1. The van der Waals surface area contributed by atoms with Gasteiger partial charge in [-0.15, -0.1) is 0 Å². The molecule has 0 radical (unpaired) electrons. The fourth-order valence-corrected chi connectivity index (χ4v) is 2.29. The van der Waals surface area contributed by atoms with E-state index in [1.54, 1.807) is 7.11 Å². The van der Waals surface area contributed by atoms with Crippen LogP contribution < -0.4 is 16.0 Å². The molecule has 0 bridgehead atoms. The lowest BCUT2D eigenvalue weighted by Gasteiger charge is -2.30. The maximum Gasteiger partial charge on any atom is 0.244 e.